The molecule has 0 saturated heterocycles. The maximum atomic E-state index is 12.4. The van der Waals surface area contributed by atoms with Gasteiger partial charge in [0.25, 0.3) is 5.56 Å². The monoisotopic (exact) mass is 436 g/mol. The summed E-state index contributed by atoms with van der Waals surface area (Å²) in [6.07, 6.45) is -2.15. The largest absolute Gasteiger partial charge is 0.426 e. The molecule has 1 aromatic heterocycles. The van der Waals surface area contributed by atoms with Crippen molar-refractivity contribution in [2.75, 3.05) is 0 Å². The second kappa shape index (κ2) is 8.29. The molecule has 0 aliphatic heterocycles. The second-order valence-electron chi connectivity index (χ2n) is 6.73. The number of hydrogen-bond donors (Lipinski definition) is 0. The van der Waals surface area contributed by atoms with Crippen LogP contribution in [0.1, 0.15) is 31.9 Å². The predicted molar refractivity (Wildman–Crippen MR) is 104 cm³/mol. The van der Waals surface area contributed by atoms with E-state index in [4.69, 9.17) is 23.2 Å². The van der Waals surface area contributed by atoms with E-state index >= 15 is 0 Å². The molecule has 1 heterocycles. The Bertz CT molecular complexity index is 901. The van der Waals surface area contributed by atoms with Crippen LogP contribution >= 0.6 is 35.0 Å². The summed E-state index contributed by atoms with van der Waals surface area (Å²) in [6, 6.07) is 6.47. The van der Waals surface area contributed by atoms with E-state index in [1.165, 1.54) is 16.4 Å². The summed E-state index contributed by atoms with van der Waals surface area (Å²) in [4.78, 5) is 12.9. The molecule has 0 spiro atoms. The minimum atomic E-state index is -4.56. The molecule has 0 aliphatic carbocycles. The standard InChI is InChI=1S/C18H17Cl2F3N2OS/c1-17(2,3)25-16(26)15(20)13(9-24-25)27-10-12-6-4-11(5-7-12)8-14(19)18(21,22)23/h4-9H,10H2,1-3H3/b14-8-. The highest BCUT2D eigenvalue weighted by molar-refractivity contribution is 7.98. The van der Waals surface area contributed by atoms with Crippen LogP contribution in [-0.2, 0) is 11.3 Å². The van der Waals surface area contributed by atoms with Crippen LogP contribution in [-0.4, -0.2) is 16.0 Å². The number of halogens is 5. The molecule has 0 amide bonds. The van der Waals surface area contributed by atoms with Crippen LogP contribution < -0.4 is 5.56 Å². The molecule has 27 heavy (non-hydrogen) atoms. The summed E-state index contributed by atoms with van der Waals surface area (Å²) >= 11 is 12.7. The van der Waals surface area contributed by atoms with Crippen LogP contribution in [0, 0.1) is 0 Å². The van der Waals surface area contributed by atoms with Crippen molar-refractivity contribution in [3.05, 3.63) is 62.0 Å². The highest BCUT2D eigenvalue weighted by atomic mass is 35.5. The molecule has 0 bridgehead atoms. The average Bonchev–Trinajstić information content (AvgIpc) is 2.55. The molecule has 0 N–H and O–H groups in total. The summed E-state index contributed by atoms with van der Waals surface area (Å²) in [7, 11) is 0. The quantitative estimate of drug-likeness (QED) is 0.544. The van der Waals surface area contributed by atoms with Gasteiger partial charge in [-0.1, -0.05) is 47.5 Å². The lowest BCUT2D eigenvalue weighted by Crippen LogP contribution is -2.36. The van der Waals surface area contributed by atoms with Gasteiger partial charge in [0.1, 0.15) is 10.1 Å². The Morgan fingerprint density at radius 1 is 1.22 bits per heavy atom. The van der Waals surface area contributed by atoms with Crippen molar-refractivity contribution in [2.24, 2.45) is 0 Å². The van der Waals surface area contributed by atoms with Crippen LogP contribution in [0.3, 0.4) is 0 Å². The van der Waals surface area contributed by atoms with E-state index in [0.717, 1.165) is 11.6 Å². The third-order valence-corrected chi connectivity index (χ3v) is 5.36. The number of alkyl halides is 3. The van der Waals surface area contributed by atoms with Crippen molar-refractivity contribution in [3.63, 3.8) is 0 Å². The van der Waals surface area contributed by atoms with E-state index in [9.17, 15) is 18.0 Å². The van der Waals surface area contributed by atoms with Crippen LogP contribution in [0.15, 0.2) is 45.2 Å². The van der Waals surface area contributed by atoms with Crippen molar-refractivity contribution >= 4 is 41.0 Å². The lowest BCUT2D eigenvalue weighted by atomic mass is 10.1. The maximum Gasteiger partial charge on any atom is 0.426 e. The van der Waals surface area contributed by atoms with Crippen LogP contribution in [0.2, 0.25) is 5.02 Å². The summed E-state index contributed by atoms with van der Waals surface area (Å²) in [5, 5.41) is 3.08. The number of hydrogen-bond acceptors (Lipinski definition) is 3. The minimum Gasteiger partial charge on any atom is -0.266 e. The summed E-state index contributed by atoms with van der Waals surface area (Å²) < 4.78 is 38.7. The van der Waals surface area contributed by atoms with E-state index < -0.39 is 16.7 Å². The molecule has 1 aromatic carbocycles. The fourth-order valence-corrected chi connectivity index (χ4v) is 3.36. The van der Waals surface area contributed by atoms with Gasteiger partial charge in [-0.25, -0.2) is 4.68 Å². The van der Waals surface area contributed by atoms with Crippen molar-refractivity contribution in [3.8, 4) is 0 Å². The van der Waals surface area contributed by atoms with E-state index in [0.29, 0.717) is 16.2 Å². The Labute approximate surface area is 169 Å². The summed E-state index contributed by atoms with van der Waals surface area (Å²) in [6.45, 7) is 5.56. The van der Waals surface area contributed by atoms with Gasteiger partial charge in [-0.2, -0.15) is 18.3 Å². The SMILES string of the molecule is CC(C)(C)n1ncc(SCc2ccc(/C=C(\Cl)C(F)(F)F)cc2)c(Cl)c1=O. The normalized spacial score (nSPS) is 13.1. The van der Waals surface area contributed by atoms with Crippen LogP contribution in [0.5, 0.6) is 0 Å². The van der Waals surface area contributed by atoms with Gasteiger partial charge in [-0.15, -0.1) is 11.8 Å². The van der Waals surface area contributed by atoms with Crippen molar-refractivity contribution in [1.29, 1.82) is 0 Å². The predicted octanol–water partition coefficient (Wildman–Crippen LogP) is 6.09. The van der Waals surface area contributed by atoms with Gasteiger partial charge >= 0.3 is 6.18 Å². The smallest absolute Gasteiger partial charge is 0.266 e. The minimum absolute atomic E-state index is 0.0986. The molecule has 0 saturated carbocycles. The van der Waals surface area contributed by atoms with Gasteiger partial charge in [0.2, 0.25) is 0 Å². The van der Waals surface area contributed by atoms with Crippen molar-refractivity contribution in [1.82, 2.24) is 9.78 Å². The fraction of sp³-hybridized carbons (Fsp3) is 0.333. The Hall–Kier alpha value is -1.44. The molecule has 0 unspecified atom stereocenters. The number of thioether (sulfide) groups is 1. The number of aromatic nitrogens is 2. The van der Waals surface area contributed by atoms with Gasteiger partial charge in [0, 0.05) is 5.75 Å². The van der Waals surface area contributed by atoms with E-state index in [1.54, 1.807) is 30.5 Å². The third-order valence-electron chi connectivity index (χ3n) is 3.46. The van der Waals surface area contributed by atoms with Gasteiger partial charge in [0.05, 0.1) is 16.6 Å². The van der Waals surface area contributed by atoms with Crippen molar-refractivity contribution in [2.45, 2.75) is 43.1 Å². The van der Waals surface area contributed by atoms with Gasteiger partial charge in [0.15, 0.2) is 0 Å². The molecule has 2 aromatic rings. The lowest BCUT2D eigenvalue weighted by Gasteiger charge is -2.21. The Balaban J connectivity index is 2.12. The zero-order chi connectivity index (χ0) is 20.4. The first-order chi connectivity index (χ1) is 12.4. The first kappa shape index (κ1) is 21.9. The number of rotatable bonds is 4. The summed E-state index contributed by atoms with van der Waals surface area (Å²) in [5.74, 6) is 0.484. The fourth-order valence-electron chi connectivity index (χ4n) is 2.10. The molecular formula is C18H17Cl2F3N2OS. The van der Waals surface area contributed by atoms with Gasteiger partial charge < -0.3 is 0 Å². The van der Waals surface area contributed by atoms with Crippen molar-refractivity contribution < 1.29 is 13.2 Å². The van der Waals surface area contributed by atoms with Crippen LogP contribution in [0.4, 0.5) is 13.2 Å². The molecule has 9 heteroatoms. The molecule has 0 fully saturated rings. The Morgan fingerprint density at radius 3 is 2.33 bits per heavy atom. The molecule has 146 valence electrons. The zero-order valence-corrected chi connectivity index (χ0v) is 17.1. The second-order valence-corrected chi connectivity index (χ2v) is 8.53. The highest BCUT2D eigenvalue weighted by Gasteiger charge is 2.32. The Kier molecular flexibility index (Phi) is 6.71. The maximum absolute atomic E-state index is 12.4. The molecule has 0 atom stereocenters. The van der Waals surface area contributed by atoms with Gasteiger partial charge in [-0.3, -0.25) is 4.79 Å². The number of nitrogens with zero attached hydrogens (tertiary/aromatic N) is 2. The first-order valence-corrected chi connectivity index (χ1v) is 9.58. The molecule has 3 nitrogen and oxygen atoms in total. The average molecular weight is 437 g/mol. The van der Waals surface area contributed by atoms with Gasteiger partial charge in [-0.05, 0) is 38.0 Å². The molecular weight excluding hydrogens is 420 g/mol. The third kappa shape index (κ3) is 5.77. The topological polar surface area (TPSA) is 34.9 Å². The molecule has 0 aliphatic rings. The number of allylic oxidation sites excluding steroid dienone is 1. The van der Waals surface area contributed by atoms with E-state index in [2.05, 4.69) is 5.10 Å². The summed E-state index contributed by atoms with van der Waals surface area (Å²) in [5.41, 5.74) is 0.358. The first-order valence-electron chi connectivity index (χ1n) is 7.84. The number of benzene rings is 1. The lowest BCUT2D eigenvalue weighted by molar-refractivity contribution is -0.0836. The van der Waals surface area contributed by atoms with Crippen LogP contribution in [0.25, 0.3) is 6.08 Å². The van der Waals surface area contributed by atoms with E-state index in [1.807, 2.05) is 20.8 Å². The highest BCUT2D eigenvalue weighted by Crippen LogP contribution is 2.31. The zero-order valence-electron chi connectivity index (χ0n) is 14.8. The van der Waals surface area contributed by atoms with E-state index in [-0.39, 0.29) is 10.6 Å². The Morgan fingerprint density at radius 2 is 1.81 bits per heavy atom. The molecule has 2 rings (SSSR count). The molecule has 0 radical (unpaired) electrons.